The third-order valence-corrected chi connectivity index (χ3v) is 17.5. The van der Waals surface area contributed by atoms with Gasteiger partial charge in [0.25, 0.3) is 0 Å². The molecular formula is C49H56BiN2P2. The van der Waals surface area contributed by atoms with Crippen molar-refractivity contribution in [1.82, 2.24) is 0 Å². The van der Waals surface area contributed by atoms with Crippen LogP contribution in [0.15, 0.2) is 168 Å². The first-order chi connectivity index (χ1) is 25.6. The monoisotopic (exact) mass is 943 g/mol. The molecule has 0 atom stereocenters. The third kappa shape index (κ3) is 8.62. The zero-order chi connectivity index (χ0) is 37.6. The van der Waals surface area contributed by atoms with E-state index in [9.17, 15) is 0 Å². The van der Waals surface area contributed by atoms with Gasteiger partial charge in [-0.25, -0.2) is 4.76 Å². The quantitative estimate of drug-likeness (QED) is 0.0717. The van der Waals surface area contributed by atoms with Gasteiger partial charge < -0.3 is 5.09 Å². The van der Waals surface area contributed by atoms with Crippen molar-refractivity contribution in [3.63, 3.8) is 0 Å². The Balaban J connectivity index is 0.00000336. The van der Waals surface area contributed by atoms with Crippen molar-refractivity contribution in [1.29, 1.82) is 0 Å². The summed E-state index contributed by atoms with van der Waals surface area (Å²) in [6.07, 6.45) is 6.75. The van der Waals surface area contributed by atoms with E-state index >= 15 is 0 Å². The molecular weight excluding hydrogens is 887 g/mol. The Morgan fingerprint density at radius 2 is 0.870 bits per heavy atom. The maximum Gasteiger partial charge on any atom is 0.179 e. The number of hydrogen-bond donors (Lipinski definition) is 0. The summed E-state index contributed by atoms with van der Waals surface area (Å²) in [5.41, 5.74) is 7.25. The first kappa shape index (κ1) is 41.6. The number of nitrogens with zero attached hydrogens (tertiary/aromatic N) is 2. The van der Waals surface area contributed by atoms with Crippen LogP contribution in [0.4, 0.5) is 5.69 Å². The fraction of sp³-hybridized carbons (Fsp3) is 0.245. The SMILES string of the molecule is CC(C)C1=C[CH+]C=C(C(C)C)C1=NP(=C=P([N-]c1c(C(C)C)cccc1C(C)C)(c1ccccc1)c1ccccc1)(c1ccccc1)c1ccccc1.[Bi].[HH]. The van der Waals surface area contributed by atoms with Gasteiger partial charge >= 0.3 is 0 Å². The smallest absolute Gasteiger partial charge is 0.179 e. The Hall–Kier alpha value is -3.56. The number of hydrogen-bond acceptors (Lipinski definition) is 1. The zero-order valence-corrected chi connectivity index (χ0v) is 38.3. The minimum Gasteiger partial charge on any atom is -0.646 e. The minimum atomic E-state index is -2.89. The Bertz CT molecular complexity index is 2090. The Labute approximate surface area is 346 Å². The van der Waals surface area contributed by atoms with Crippen LogP contribution in [0.2, 0.25) is 0 Å². The minimum absolute atomic E-state index is 0. The molecule has 0 spiro atoms. The van der Waals surface area contributed by atoms with Crippen molar-refractivity contribution in [2.75, 3.05) is 0 Å². The Kier molecular flexibility index (Phi) is 14.2. The second kappa shape index (κ2) is 18.4. The third-order valence-electron chi connectivity index (χ3n) is 9.99. The van der Waals surface area contributed by atoms with Gasteiger partial charge in [0.2, 0.25) is 0 Å². The largest absolute Gasteiger partial charge is 0.646 e. The topological polar surface area (TPSA) is 26.5 Å². The van der Waals surface area contributed by atoms with Gasteiger partial charge in [0, 0.05) is 56.5 Å². The van der Waals surface area contributed by atoms with Crippen LogP contribution in [0, 0.1) is 18.3 Å². The van der Waals surface area contributed by atoms with Gasteiger partial charge in [-0.2, -0.15) is 0 Å². The van der Waals surface area contributed by atoms with Crippen LogP contribution >= 0.6 is 14.1 Å². The van der Waals surface area contributed by atoms with Gasteiger partial charge in [-0.05, 0) is 50.1 Å². The summed E-state index contributed by atoms with van der Waals surface area (Å²) in [7, 11) is -5.79. The predicted molar refractivity (Wildman–Crippen MR) is 246 cm³/mol. The Morgan fingerprint density at radius 3 is 1.22 bits per heavy atom. The van der Waals surface area contributed by atoms with E-state index in [2.05, 4.69) is 219 Å². The van der Waals surface area contributed by atoms with Crippen LogP contribution in [-0.2, 0) is 0 Å². The second-order valence-corrected chi connectivity index (χ2v) is 20.9. The van der Waals surface area contributed by atoms with Crippen LogP contribution in [0.5, 0.6) is 0 Å². The molecule has 0 aliphatic heterocycles. The summed E-state index contributed by atoms with van der Waals surface area (Å²) < 4.78 is 6.23. The standard InChI is InChI=1S/C49H54N2P2.Bi.H2/c1-36(2)44-31-21-32-45(37(3)4)48(44)50-52(40-23-13-9-14-24-40,41-25-15-10-16-26-41)35-53(42-27-17-11-18-28-42,43-29-19-12-20-30-43)51-49-46(38(5)6)33-22-34-47(49)39(7)8;;/h9-34,36-39H,1-8H3;;1H. The molecule has 54 heavy (non-hydrogen) atoms. The predicted octanol–water partition coefficient (Wildman–Crippen LogP) is 12.4. The van der Waals surface area contributed by atoms with Gasteiger partial charge in [-0.1, -0.05) is 185 Å². The number of rotatable bonds is 11. The summed E-state index contributed by atoms with van der Waals surface area (Å²) in [4.78, 5) is 0. The van der Waals surface area contributed by atoms with Gasteiger partial charge in [0.05, 0.1) is 30.3 Å². The summed E-state index contributed by atoms with van der Waals surface area (Å²) >= 11 is 0. The Morgan fingerprint density at radius 1 is 0.500 bits per heavy atom. The van der Waals surface area contributed by atoms with Crippen LogP contribution in [0.1, 0.15) is 79.8 Å². The van der Waals surface area contributed by atoms with Gasteiger partial charge in [-0.3, -0.25) is 0 Å². The molecule has 0 aromatic heterocycles. The zero-order valence-electron chi connectivity index (χ0n) is 33.1. The summed E-state index contributed by atoms with van der Waals surface area (Å²) in [5, 5.41) is 15.5. The van der Waals surface area contributed by atoms with Crippen LogP contribution < -0.4 is 21.2 Å². The number of allylic oxidation sites excluding steroid dienone is 4. The molecule has 0 saturated heterocycles. The number of benzene rings is 5. The molecule has 3 radical (unpaired) electrons. The molecule has 6 rings (SSSR count). The normalized spacial score (nSPS) is 13.2. The molecule has 277 valence electrons. The fourth-order valence-electron chi connectivity index (χ4n) is 7.14. The van der Waals surface area contributed by atoms with E-state index in [-0.39, 0.29) is 27.6 Å². The molecule has 0 amide bonds. The van der Waals surface area contributed by atoms with Crippen LogP contribution in [-0.4, -0.2) is 37.1 Å². The molecule has 5 aromatic rings. The first-order valence-electron chi connectivity index (χ1n) is 19.1. The van der Waals surface area contributed by atoms with Crippen molar-refractivity contribution >= 4 is 78.1 Å². The van der Waals surface area contributed by atoms with E-state index in [0.29, 0.717) is 23.7 Å². The van der Waals surface area contributed by atoms with Crippen molar-refractivity contribution < 1.29 is 1.43 Å². The van der Waals surface area contributed by atoms with Crippen LogP contribution in [0.25, 0.3) is 5.09 Å². The van der Waals surface area contributed by atoms with Gasteiger partial charge in [0.1, 0.15) is 0 Å². The van der Waals surface area contributed by atoms with E-state index in [4.69, 9.17) is 9.85 Å². The molecule has 0 saturated carbocycles. The molecule has 0 N–H and O–H groups in total. The molecule has 0 bridgehead atoms. The van der Waals surface area contributed by atoms with Crippen molar-refractivity contribution in [3.05, 3.63) is 185 Å². The molecule has 0 heterocycles. The van der Waals surface area contributed by atoms with E-state index < -0.39 is 14.1 Å². The average Bonchev–Trinajstić information content (AvgIpc) is 3.18. The van der Waals surface area contributed by atoms with Crippen LogP contribution in [0.3, 0.4) is 0 Å². The molecule has 5 heteroatoms. The van der Waals surface area contributed by atoms with E-state index in [0.717, 1.165) is 11.4 Å². The fourth-order valence-corrected chi connectivity index (χ4v) is 15.6. The van der Waals surface area contributed by atoms with Crippen molar-refractivity contribution in [2.45, 2.75) is 67.2 Å². The van der Waals surface area contributed by atoms with Crippen molar-refractivity contribution in [3.8, 4) is 0 Å². The summed E-state index contributed by atoms with van der Waals surface area (Å²) in [6, 6.07) is 50.7. The average molecular weight is 944 g/mol. The second-order valence-electron chi connectivity index (χ2n) is 15.1. The van der Waals surface area contributed by atoms with E-state index in [1.165, 1.54) is 43.5 Å². The molecule has 5 aromatic carbocycles. The molecule has 0 fully saturated rings. The first-order valence-corrected chi connectivity index (χ1v) is 22.6. The maximum absolute atomic E-state index is 6.23. The van der Waals surface area contributed by atoms with Gasteiger partial charge in [-0.15, -0.1) is 10.9 Å². The van der Waals surface area contributed by atoms with Crippen molar-refractivity contribution in [2.24, 2.45) is 16.6 Å². The molecule has 0 unspecified atom stereocenters. The van der Waals surface area contributed by atoms with Gasteiger partial charge in [0.15, 0.2) is 5.71 Å². The van der Waals surface area contributed by atoms with E-state index in [1.807, 2.05) is 0 Å². The van der Waals surface area contributed by atoms with E-state index in [1.54, 1.807) is 0 Å². The summed E-state index contributed by atoms with van der Waals surface area (Å²) in [6.45, 7) is 18.3. The molecule has 1 aliphatic rings. The summed E-state index contributed by atoms with van der Waals surface area (Å²) in [5.74, 6) is 1.17. The molecule has 1 aliphatic carbocycles. The maximum atomic E-state index is 6.23. The molecule has 2 nitrogen and oxygen atoms in total.